The fraction of sp³-hybridized carbons (Fsp3) is 0.341. The topological polar surface area (TPSA) is 111 Å². The van der Waals surface area contributed by atoms with Gasteiger partial charge < -0.3 is 14.2 Å². The molecule has 51 heavy (non-hydrogen) atoms. The zero-order valence-corrected chi connectivity index (χ0v) is 32.2. The number of amides is 1. The summed E-state index contributed by atoms with van der Waals surface area (Å²) in [5.74, 6) is 1.55. The van der Waals surface area contributed by atoms with E-state index in [-0.39, 0.29) is 5.91 Å². The molecule has 0 aliphatic carbocycles. The van der Waals surface area contributed by atoms with Gasteiger partial charge in [0.25, 0.3) is 10.1 Å². The van der Waals surface area contributed by atoms with Gasteiger partial charge in [0.1, 0.15) is 0 Å². The standard InChI is InChI=1S/C40H50NO4P.CH4O3S/c1-43-37-31-33(32-38(44-2)40(37)45-3)27-28-39(42)41-29-19-8-6-4-5-7-9-20-30-46(34-21-13-10-14-22-34,35-23-15-11-16-24-35)36-25-17-12-18-26-36;1-5(2,3)4/h10-18,21-28,31-32,46H,4-9,19-20,29-30H2,1-3H3,(H,41,42);1H3,(H,2,3,4)/b28-27+;. The van der Waals surface area contributed by atoms with Crippen LogP contribution in [-0.2, 0) is 14.9 Å². The van der Waals surface area contributed by atoms with Gasteiger partial charge in [-0.2, -0.15) is 8.42 Å². The molecule has 0 radical (unpaired) electrons. The van der Waals surface area contributed by atoms with Gasteiger partial charge in [-0.15, -0.1) is 0 Å². The molecule has 0 aromatic heterocycles. The van der Waals surface area contributed by atoms with Gasteiger partial charge in [0.15, 0.2) is 11.5 Å². The van der Waals surface area contributed by atoms with Crippen LogP contribution in [0.3, 0.4) is 0 Å². The van der Waals surface area contributed by atoms with Crippen molar-refractivity contribution in [3.05, 3.63) is 115 Å². The molecule has 0 saturated carbocycles. The third-order valence-corrected chi connectivity index (χ3v) is 13.8. The van der Waals surface area contributed by atoms with Crippen LogP contribution in [0, 0.1) is 0 Å². The number of nitrogens with one attached hydrogen (secondary N) is 1. The summed E-state index contributed by atoms with van der Waals surface area (Å²) in [5, 5.41) is 7.49. The van der Waals surface area contributed by atoms with Crippen molar-refractivity contribution in [2.45, 2.75) is 51.4 Å². The normalized spacial score (nSPS) is 11.7. The van der Waals surface area contributed by atoms with Gasteiger partial charge in [0, 0.05) is 6.08 Å². The summed E-state index contributed by atoms with van der Waals surface area (Å²) < 4.78 is 42.0. The van der Waals surface area contributed by atoms with Gasteiger partial charge in [-0.25, -0.2) is 0 Å². The van der Waals surface area contributed by atoms with Crippen LogP contribution in [0.2, 0.25) is 0 Å². The van der Waals surface area contributed by atoms with Crippen LogP contribution < -0.4 is 35.4 Å². The fourth-order valence-corrected chi connectivity index (χ4v) is 11.2. The van der Waals surface area contributed by atoms with Crippen molar-refractivity contribution >= 4 is 45.3 Å². The summed E-state index contributed by atoms with van der Waals surface area (Å²) in [4.78, 5) is 12.3. The average molecular weight is 736 g/mol. The first-order valence-corrected chi connectivity index (χ1v) is 21.5. The Bertz CT molecular complexity index is 1600. The Labute approximate surface area is 305 Å². The van der Waals surface area contributed by atoms with Crippen molar-refractivity contribution < 1.29 is 32.0 Å². The summed E-state index contributed by atoms with van der Waals surface area (Å²) in [6, 6.07) is 37.3. The van der Waals surface area contributed by atoms with Crippen LogP contribution in [0.5, 0.6) is 17.2 Å². The molecule has 1 amide bonds. The summed E-state index contributed by atoms with van der Waals surface area (Å²) >= 11 is 0. The minimum Gasteiger partial charge on any atom is -0.493 e. The van der Waals surface area contributed by atoms with Gasteiger partial charge in [-0.1, -0.05) is 0 Å². The molecular weight excluding hydrogens is 681 g/mol. The predicted octanol–water partition coefficient (Wildman–Crippen LogP) is 7.19. The molecule has 0 heterocycles. The molecule has 0 aliphatic rings. The summed E-state index contributed by atoms with van der Waals surface area (Å²) in [7, 11) is -1.06. The molecule has 2 N–H and O–H groups in total. The fourth-order valence-electron chi connectivity index (χ4n) is 6.32. The molecule has 0 spiro atoms. The molecule has 8 nitrogen and oxygen atoms in total. The number of carbonyl (C=O) groups is 1. The zero-order chi connectivity index (χ0) is 37.0. The first-order valence-electron chi connectivity index (χ1n) is 17.5. The smallest absolute Gasteiger partial charge is 0.261 e. The Hall–Kier alpha value is -4.17. The van der Waals surface area contributed by atoms with E-state index in [1.807, 2.05) is 12.1 Å². The number of ether oxygens (including phenoxy) is 3. The summed E-state index contributed by atoms with van der Waals surface area (Å²) in [6.45, 7) is 0.684. The third kappa shape index (κ3) is 13.8. The molecule has 0 unspecified atom stereocenters. The van der Waals surface area contributed by atoms with E-state index in [9.17, 15) is 13.2 Å². The second-order valence-corrected chi connectivity index (χ2v) is 17.9. The number of benzene rings is 4. The van der Waals surface area contributed by atoms with Gasteiger partial charge in [0.2, 0.25) is 5.75 Å². The molecule has 0 saturated heterocycles. The molecule has 0 bridgehead atoms. The van der Waals surface area contributed by atoms with Crippen molar-refractivity contribution in [3.63, 3.8) is 0 Å². The van der Waals surface area contributed by atoms with E-state index in [1.54, 1.807) is 33.5 Å². The van der Waals surface area contributed by atoms with E-state index in [0.29, 0.717) is 30.0 Å². The molecule has 4 aromatic carbocycles. The predicted molar refractivity (Wildman–Crippen MR) is 214 cm³/mol. The summed E-state index contributed by atoms with van der Waals surface area (Å²) in [6.07, 6.45) is 14.8. The maximum atomic E-state index is 12.3. The minimum atomic E-state index is -3.67. The zero-order valence-electron chi connectivity index (χ0n) is 30.3. The molecule has 4 aromatic rings. The van der Waals surface area contributed by atoms with Crippen molar-refractivity contribution in [2.24, 2.45) is 0 Å². The molecule has 276 valence electrons. The van der Waals surface area contributed by atoms with Gasteiger partial charge in [0.05, 0.1) is 27.6 Å². The second kappa shape index (κ2) is 21.9. The van der Waals surface area contributed by atoms with E-state index in [1.165, 1.54) is 60.6 Å². The van der Waals surface area contributed by atoms with E-state index >= 15 is 0 Å². The van der Waals surface area contributed by atoms with Gasteiger partial charge in [-0.05, 0) is 23.8 Å². The number of rotatable bonds is 19. The maximum Gasteiger partial charge on any atom is 0.261 e. The Morgan fingerprint density at radius 1 is 0.667 bits per heavy atom. The molecule has 4 rings (SSSR count). The average Bonchev–Trinajstić information content (AvgIpc) is 3.14. The van der Waals surface area contributed by atoms with Crippen LogP contribution in [0.1, 0.15) is 56.9 Å². The maximum absolute atomic E-state index is 12.3. The molecular formula is C41H54NO7PS. The number of methoxy groups -OCH3 is 3. The van der Waals surface area contributed by atoms with Crippen LogP contribution in [0.25, 0.3) is 6.08 Å². The molecule has 0 fully saturated rings. The van der Waals surface area contributed by atoms with Crippen LogP contribution in [0.4, 0.5) is 0 Å². The van der Waals surface area contributed by atoms with Crippen molar-refractivity contribution in [1.82, 2.24) is 5.32 Å². The second-order valence-electron chi connectivity index (χ2n) is 12.4. The monoisotopic (exact) mass is 735 g/mol. The number of hydrogen-bond donors (Lipinski definition) is 2. The van der Waals surface area contributed by atoms with Gasteiger partial charge >= 0.3 is 189 Å². The van der Waals surface area contributed by atoms with E-state index < -0.39 is 17.4 Å². The Kier molecular flexibility index (Phi) is 17.7. The Balaban J connectivity index is 0.00000131. The summed E-state index contributed by atoms with van der Waals surface area (Å²) in [5.41, 5.74) is 0.804. The quantitative estimate of drug-likeness (QED) is 0.0454. The third-order valence-electron chi connectivity index (χ3n) is 8.69. The first kappa shape index (κ1) is 41.3. The molecule has 0 aliphatic heterocycles. The van der Waals surface area contributed by atoms with Crippen molar-refractivity contribution in [3.8, 4) is 17.2 Å². The molecule has 0 atom stereocenters. The van der Waals surface area contributed by atoms with E-state index in [2.05, 4.69) is 96.3 Å². The van der Waals surface area contributed by atoms with Crippen LogP contribution in [-0.4, -0.2) is 59.2 Å². The van der Waals surface area contributed by atoms with E-state index in [4.69, 9.17) is 18.8 Å². The van der Waals surface area contributed by atoms with Gasteiger partial charge in [-0.3, -0.25) is 9.35 Å². The number of hydrogen-bond acceptors (Lipinski definition) is 6. The Morgan fingerprint density at radius 2 is 1.06 bits per heavy atom. The van der Waals surface area contributed by atoms with Crippen LogP contribution >= 0.6 is 7.26 Å². The number of carbonyl (C=O) groups excluding carboxylic acids is 1. The first-order chi connectivity index (χ1) is 24.6. The van der Waals surface area contributed by atoms with Crippen LogP contribution in [0.15, 0.2) is 109 Å². The van der Waals surface area contributed by atoms with E-state index in [0.717, 1.165) is 18.4 Å². The number of unbranched alkanes of at least 4 members (excludes halogenated alkanes) is 7. The SMILES string of the molecule is COc1cc(/C=C/C(=O)NCCCCCCCCCC[PH](c2ccccc2)(c2ccccc2)c2ccccc2)cc(OC)c1OC.CS(=O)(=O)O. The van der Waals surface area contributed by atoms with Crippen molar-refractivity contribution in [2.75, 3.05) is 40.3 Å². The minimum absolute atomic E-state index is 0.102. The largest absolute Gasteiger partial charge is 0.493 e. The molecule has 10 heteroatoms. The van der Waals surface area contributed by atoms with Crippen molar-refractivity contribution in [1.29, 1.82) is 0 Å². The Morgan fingerprint density at radius 3 is 1.45 bits per heavy atom.